The standard InChI is InChI=1S/C29H37N3O5/c1-19-24(33)15-25(34)27(28(19)37-18-20-8-5-4-6-9-20)29(36)32-16-21-11-12-23(14-22(21)17-32)30-26(35)10-7-13-31(2)3/h7,10-12,14-15,20,33-34H,4-6,8-9,13,16-18H2,1-3H3,(H,30,35)/b10-7+. The number of hydrogen-bond acceptors (Lipinski definition) is 6. The molecule has 1 heterocycles. The van der Waals surface area contributed by atoms with Gasteiger partial charge in [-0.15, -0.1) is 0 Å². The highest BCUT2D eigenvalue weighted by Gasteiger charge is 2.31. The maximum atomic E-state index is 13.6. The Morgan fingerprint density at radius 1 is 1.08 bits per heavy atom. The third-order valence-electron chi connectivity index (χ3n) is 7.11. The number of hydrogen-bond donors (Lipinski definition) is 3. The largest absolute Gasteiger partial charge is 0.507 e. The summed E-state index contributed by atoms with van der Waals surface area (Å²) in [7, 11) is 3.86. The highest BCUT2D eigenvalue weighted by Crippen LogP contribution is 2.40. The number of ether oxygens (including phenoxy) is 1. The number of nitrogens with one attached hydrogen (secondary N) is 1. The van der Waals surface area contributed by atoms with E-state index in [1.54, 1.807) is 17.9 Å². The molecule has 37 heavy (non-hydrogen) atoms. The summed E-state index contributed by atoms with van der Waals surface area (Å²) in [6.07, 6.45) is 9.05. The first kappa shape index (κ1) is 26.5. The number of rotatable bonds is 8. The van der Waals surface area contributed by atoms with Crippen molar-refractivity contribution >= 4 is 17.5 Å². The van der Waals surface area contributed by atoms with E-state index >= 15 is 0 Å². The van der Waals surface area contributed by atoms with E-state index in [1.165, 1.54) is 31.4 Å². The molecule has 1 saturated carbocycles. The van der Waals surface area contributed by atoms with Crippen LogP contribution in [0.4, 0.5) is 5.69 Å². The number of benzene rings is 2. The average molecular weight is 508 g/mol. The van der Waals surface area contributed by atoms with Gasteiger partial charge < -0.3 is 30.1 Å². The Morgan fingerprint density at radius 2 is 1.81 bits per heavy atom. The van der Waals surface area contributed by atoms with E-state index in [4.69, 9.17) is 4.74 Å². The van der Waals surface area contributed by atoms with Crippen molar-refractivity contribution in [1.29, 1.82) is 0 Å². The van der Waals surface area contributed by atoms with Crippen LogP contribution in [0.2, 0.25) is 0 Å². The van der Waals surface area contributed by atoms with Gasteiger partial charge in [0.1, 0.15) is 22.8 Å². The highest BCUT2D eigenvalue weighted by molar-refractivity contribution is 6.01. The Bertz CT molecular complexity index is 1180. The molecular weight excluding hydrogens is 470 g/mol. The van der Waals surface area contributed by atoms with Gasteiger partial charge in [-0.2, -0.15) is 0 Å². The first-order chi connectivity index (χ1) is 17.7. The summed E-state index contributed by atoms with van der Waals surface area (Å²) in [6.45, 7) is 3.55. The molecule has 8 nitrogen and oxygen atoms in total. The van der Waals surface area contributed by atoms with Crippen LogP contribution >= 0.6 is 0 Å². The number of anilines is 1. The number of fused-ring (bicyclic) bond motifs is 1. The summed E-state index contributed by atoms with van der Waals surface area (Å²) in [4.78, 5) is 29.5. The van der Waals surface area contributed by atoms with Crippen LogP contribution in [0.3, 0.4) is 0 Å². The van der Waals surface area contributed by atoms with Crippen LogP contribution in [0.15, 0.2) is 36.4 Å². The molecule has 0 aromatic heterocycles. The lowest BCUT2D eigenvalue weighted by atomic mass is 9.90. The molecule has 2 amide bonds. The molecule has 1 aliphatic carbocycles. The number of amides is 2. The fourth-order valence-corrected chi connectivity index (χ4v) is 5.00. The third kappa shape index (κ3) is 6.43. The second-order valence-corrected chi connectivity index (χ2v) is 10.4. The number of carbonyl (C=O) groups is 2. The molecule has 0 saturated heterocycles. The maximum Gasteiger partial charge on any atom is 0.262 e. The van der Waals surface area contributed by atoms with Gasteiger partial charge in [0.25, 0.3) is 5.91 Å². The van der Waals surface area contributed by atoms with E-state index in [2.05, 4.69) is 5.32 Å². The maximum absolute atomic E-state index is 13.6. The minimum Gasteiger partial charge on any atom is -0.507 e. The summed E-state index contributed by atoms with van der Waals surface area (Å²) in [5, 5.41) is 23.9. The van der Waals surface area contributed by atoms with Crippen molar-refractivity contribution in [3.05, 3.63) is 58.7 Å². The van der Waals surface area contributed by atoms with Crippen LogP contribution in [-0.4, -0.2) is 59.1 Å². The molecule has 0 unspecified atom stereocenters. The van der Waals surface area contributed by atoms with Crippen molar-refractivity contribution < 1.29 is 24.5 Å². The fraction of sp³-hybridized carbons (Fsp3) is 0.448. The van der Waals surface area contributed by atoms with Gasteiger partial charge in [0.15, 0.2) is 0 Å². The van der Waals surface area contributed by atoms with Crippen LogP contribution in [0, 0.1) is 12.8 Å². The van der Waals surface area contributed by atoms with E-state index in [9.17, 15) is 19.8 Å². The topological polar surface area (TPSA) is 102 Å². The fourth-order valence-electron chi connectivity index (χ4n) is 5.00. The monoisotopic (exact) mass is 507 g/mol. The summed E-state index contributed by atoms with van der Waals surface area (Å²) < 4.78 is 6.11. The Balaban J connectivity index is 1.48. The van der Waals surface area contributed by atoms with Crippen molar-refractivity contribution in [2.24, 2.45) is 5.92 Å². The molecule has 0 radical (unpaired) electrons. The van der Waals surface area contributed by atoms with E-state index in [-0.39, 0.29) is 34.6 Å². The van der Waals surface area contributed by atoms with Crippen LogP contribution in [0.25, 0.3) is 0 Å². The van der Waals surface area contributed by atoms with Gasteiger partial charge >= 0.3 is 0 Å². The quantitative estimate of drug-likeness (QED) is 0.452. The molecule has 4 rings (SSSR count). The molecule has 1 fully saturated rings. The van der Waals surface area contributed by atoms with Crippen LogP contribution in [0.5, 0.6) is 17.2 Å². The van der Waals surface area contributed by atoms with Crippen molar-refractivity contribution in [2.45, 2.75) is 52.1 Å². The Morgan fingerprint density at radius 3 is 2.54 bits per heavy atom. The van der Waals surface area contributed by atoms with E-state index in [0.29, 0.717) is 43.4 Å². The zero-order valence-corrected chi connectivity index (χ0v) is 21.9. The first-order valence-electron chi connectivity index (χ1n) is 12.9. The minimum absolute atomic E-state index is 0.0819. The third-order valence-corrected chi connectivity index (χ3v) is 7.11. The second kappa shape index (κ2) is 11.7. The Kier molecular flexibility index (Phi) is 8.38. The van der Waals surface area contributed by atoms with Gasteiger partial charge in [-0.05, 0) is 63.0 Å². The zero-order valence-electron chi connectivity index (χ0n) is 21.9. The molecule has 1 aliphatic heterocycles. The molecule has 0 atom stereocenters. The van der Waals surface area contributed by atoms with Crippen LogP contribution in [0.1, 0.15) is 59.2 Å². The predicted molar refractivity (Wildman–Crippen MR) is 143 cm³/mol. The molecule has 198 valence electrons. The smallest absolute Gasteiger partial charge is 0.262 e. The van der Waals surface area contributed by atoms with Gasteiger partial charge in [-0.3, -0.25) is 9.59 Å². The molecule has 3 N–H and O–H groups in total. The minimum atomic E-state index is -0.354. The summed E-state index contributed by atoms with van der Waals surface area (Å²) in [5.41, 5.74) is 3.10. The first-order valence-corrected chi connectivity index (χ1v) is 12.9. The lowest BCUT2D eigenvalue weighted by molar-refractivity contribution is -0.111. The lowest BCUT2D eigenvalue weighted by Gasteiger charge is -2.24. The SMILES string of the molecule is Cc1c(O)cc(O)c(C(=O)N2Cc3ccc(NC(=O)/C=C/CN(C)C)cc3C2)c1OCC1CCCCC1. The molecular formula is C29H37N3O5. The molecule has 2 aromatic carbocycles. The average Bonchev–Trinajstić information content (AvgIpc) is 3.29. The Hall–Kier alpha value is -3.52. The highest BCUT2D eigenvalue weighted by atomic mass is 16.5. The zero-order chi connectivity index (χ0) is 26.5. The van der Waals surface area contributed by atoms with Crippen LogP contribution < -0.4 is 10.1 Å². The van der Waals surface area contributed by atoms with E-state index in [0.717, 1.165) is 24.0 Å². The van der Waals surface area contributed by atoms with Crippen molar-refractivity contribution in [3.8, 4) is 17.2 Å². The second-order valence-electron chi connectivity index (χ2n) is 10.4. The molecule has 2 aromatic rings. The summed E-state index contributed by atoms with van der Waals surface area (Å²) in [5.74, 6) is -0.299. The normalized spacial score (nSPS) is 15.8. The number of phenolic OH excluding ortho intramolecular Hbond substituents is 2. The van der Waals surface area contributed by atoms with Crippen molar-refractivity contribution in [1.82, 2.24) is 9.80 Å². The molecule has 8 heteroatoms. The van der Waals surface area contributed by atoms with Gasteiger partial charge in [-0.1, -0.05) is 31.4 Å². The van der Waals surface area contributed by atoms with Gasteiger partial charge in [0.2, 0.25) is 5.91 Å². The van der Waals surface area contributed by atoms with Crippen molar-refractivity contribution in [2.75, 3.05) is 32.6 Å². The Labute approximate surface area is 218 Å². The lowest BCUT2D eigenvalue weighted by Crippen LogP contribution is -2.26. The molecule has 0 bridgehead atoms. The van der Waals surface area contributed by atoms with Gasteiger partial charge in [0, 0.05) is 43.0 Å². The number of aromatic hydroxyl groups is 2. The summed E-state index contributed by atoms with van der Waals surface area (Å²) >= 11 is 0. The van der Waals surface area contributed by atoms with E-state index < -0.39 is 0 Å². The number of phenols is 2. The van der Waals surface area contributed by atoms with Crippen molar-refractivity contribution in [3.63, 3.8) is 0 Å². The molecule has 2 aliphatic rings. The van der Waals surface area contributed by atoms with Gasteiger partial charge in [0.05, 0.1) is 6.61 Å². The van der Waals surface area contributed by atoms with Crippen LogP contribution in [-0.2, 0) is 17.9 Å². The molecule has 0 spiro atoms. The number of likely N-dealkylation sites (N-methyl/N-ethyl adjacent to an activating group) is 1. The number of nitrogens with zero attached hydrogens (tertiary/aromatic N) is 2. The van der Waals surface area contributed by atoms with Gasteiger partial charge in [-0.25, -0.2) is 0 Å². The number of carbonyl (C=O) groups excluding carboxylic acids is 2. The predicted octanol–water partition coefficient (Wildman–Crippen LogP) is 4.58. The summed E-state index contributed by atoms with van der Waals surface area (Å²) in [6, 6.07) is 6.81. The van der Waals surface area contributed by atoms with E-state index in [1.807, 2.05) is 37.2 Å².